The van der Waals surface area contributed by atoms with E-state index in [-0.39, 0.29) is 6.15 Å². The molecule has 0 bridgehead atoms. The summed E-state index contributed by atoms with van der Waals surface area (Å²) in [6.07, 6.45) is 0. The molecule has 0 radical (unpaired) electrons. The monoisotopic (exact) mass is 81.0 g/mol. The Kier molecular flexibility index (Phi) is 6.86. The van der Waals surface area contributed by atoms with Crippen molar-refractivity contribution < 1.29 is 14.4 Å². The van der Waals surface area contributed by atoms with Gasteiger partial charge in [-0.15, -0.1) is 0 Å². The lowest BCUT2D eigenvalue weighted by Crippen LogP contribution is -1.98. The standard InChI is InChI=1S/BFH2O2.H3N/c2-1(3)4;/h3-4H;1H3. The van der Waals surface area contributed by atoms with E-state index in [0.717, 1.165) is 0 Å². The zero-order valence-corrected chi connectivity index (χ0v) is 2.56. The summed E-state index contributed by atoms with van der Waals surface area (Å²) in [6, 6.07) is 0. The molecule has 5 heavy (non-hydrogen) atoms. The second kappa shape index (κ2) is 3.87. The lowest BCUT2D eigenvalue weighted by molar-refractivity contribution is 0.340. The van der Waals surface area contributed by atoms with Gasteiger partial charge in [-0.25, -0.2) is 0 Å². The van der Waals surface area contributed by atoms with Crippen molar-refractivity contribution in [1.82, 2.24) is 6.15 Å². The summed E-state index contributed by atoms with van der Waals surface area (Å²) in [6.45, 7) is 0. The van der Waals surface area contributed by atoms with Gasteiger partial charge in [-0.3, -0.25) is 4.32 Å². The molecule has 0 saturated carbocycles. The third-order valence-electron chi connectivity index (χ3n) is 0. The predicted octanol–water partition coefficient (Wildman–Crippen LogP) is -0.913. The Morgan fingerprint density at radius 2 is 1.40 bits per heavy atom. The molecular weight excluding hydrogens is 75.8 g/mol. The van der Waals surface area contributed by atoms with Gasteiger partial charge in [0, 0.05) is 0 Å². The van der Waals surface area contributed by atoms with Crippen LogP contribution in [-0.4, -0.2) is 17.4 Å². The number of halogens is 1. The molecule has 0 aliphatic rings. The molecule has 0 spiro atoms. The molecule has 5 heteroatoms. The van der Waals surface area contributed by atoms with Crippen molar-refractivity contribution in [3.8, 4) is 0 Å². The van der Waals surface area contributed by atoms with Crippen molar-refractivity contribution in [2.24, 2.45) is 0 Å². The Labute approximate surface area is 29.2 Å². The van der Waals surface area contributed by atoms with Crippen molar-refractivity contribution in [1.29, 1.82) is 0 Å². The highest BCUT2D eigenvalue weighted by molar-refractivity contribution is 6.31. The van der Waals surface area contributed by atoms with Gasteiger partial charge in [0.2, 0.25) is 0 Å². The van der Waals surface area contributed by atoms with E-state index in [1.807, 2.05) is 0 Å². The minimum absolute atomic E-state index is 0. The van der Waals surface area contributed by atoms with E-state index in [2.05, 4.69) is 0 Å². The van der Waals surface area contributed by atoms with Gasteiger partial charge in [0.15, 0.2) is 0 Å². The molecule has 0 amide bonds. The molecule has 0 aliphatic heterocycles. The fourth-order valence-corrected chi connectivity index (χ4v) is 0. The van der Waals surface area contributed by atoms with Gasteiger partial charge in [-0.1, -0.05) is 0 Å². The first-order chi connectivity index (χ1) is 1.73. The van der Waals surface area contributed by atoms with Crippen LogP contribution in [0.2, 0.25) is 0 Å². The minimum atomic E-state index is -2.67. The fraction of sp³-hybridized carbons (Fsp3) is 0. The Morgan fingerprint density at radius 1 is 1.40 bits per heavy atom. The molecular formula is H5BFNO2. The summed E-state index contributed by atoms with van der Waals surface area (Å²) in [7, 11) is -2.67. The fourth-order valence-electron chi connectivity index (χ4n) is 0. The lowest BCUT2D eigenvalue weighted by atomic mass is 10.3. The lowest BCUT2D eigenvalue weighted by Gasteiger charge is -1.65. The summed E-state index contributed by atoms with van der Waals surface area (Å²) in [4.78, 5) is 0. The van der Waals surface area contributed by atoms with E-state index >= 15 is 0 Å². The number of hydrogen-bond donors (Lipinski definition) is 3. The van der Waals surface area contributed by atoms with Crippen LogP contribution in [0, 0.1) is 0 Å². The summed E-state index contributed by atoms with van der Waals surface area (Å²) in [5.74, 6) is 0. The van der Waals surface area contributed by atoms with Gasteiger partial charge < -0.3 is 16.2 Å². The molecule has 3 nitrogen and oxygen atoms in total. The molecule has 0 saturated heterocycles. The first kappa shape index (κ1) is 8.86. The molecule has 0 aliphatic carbocycles. The molecule has 0 rings (SSSR count). The van der Waals surface area contributed by atoms with Gasteiger partial charge in [-0.2, -0.15) is 0 Å². The van der Waals surface area contributed by atoms with Gasteiger partial charge in [0.1, 0.15) is 0 Å². The molecule has 5 N–H and O–H groups in total. The Hall–Kier alpha value is -0.125. The highest BCUT2D eigenvalue weighted by Crippen LogP contribution is 1.57. The highest BCUT2D eigenvalue weighted by atomic mass is 19.1. The van der Waals surface area contributed by atoms with E-state index in [0.29, 0.717) is 0 Å². The van der Waals surface area contributed by atoms with Crippen molar-refractivity contribution >= 4 is 7.40 Å². The third-order valence-corrected chi connectivity index (χ3v) is 0. The van der Waals surface area contributed by atoms with E-state index in [9.17, 15) is 4.32 Å². The van der Waals surface area contributed by atoms with Gasteiger partial charge >= 0.3 is 7.40 Å². The van der Waals surface area contributed by atoms with E-state index in [1.54, 1.807) is 0 Å². The largest absolute Gasteiger partial charge is 0.674 e. The second-order valence-electron chi connectivity index (χ2n) is 0.311. The van der Waals surface area contributed by atoms with E-state index < -0.39 is 7.40 Å². The molecule has 0 aromatic rings. The average Bonchev–Trinajstić information content (AvgIpc) is 0.811. The van der Waals surface area contributed by atoms with Crippen molar-refractivity contribution in [2.75, 3.05) is 0 Å². The summed E-state index contributed by atoms with van der Waals surface area (Å²) >= 11 is 0. The highest BCUT2D eigenvalue weighted by Gasteiger charge is 1.97. The summed E-state index contributed by atoms with van der Waals surface area (Å²) < 4.78 is 10.1. The maximum atomic E-state index is 10.1. The topological polar surface area (TPSA) is 75.5 Å². The van der Waals surface area contributed by atoms with Gasteiger partial charge in [0.05, 0.1) is 0 Å². The maximum absolute atomic E-state index is 10.1. The van der Waals surface area contributed by atoms with Crippen LogP contribution in [0.4, 0.5) is 4.32 Å². The van der Waals surface area contributed by atoms with Crippen LogP contribution >= 0.6 is 0 Å². The van der Waals surface area contributed by atoms with Crippen LogP contribution in [-0.2, 0) is 0 Å². The smallest absolute Gasteiger partial charge is 0.398 e. The molecule has 0 aromatic carbocycles. The van der Waals surface area contributed by atoms with Gasteiger partial charge in [-0.05, 0) is 0 Å². The predicted molar refractivity (Wildman–Crippen MR) is 16.3 cm³/mol. The number of rotatable bonds is 0. The van der Waals surface area contributed by atoms with Crippen LogP contribution in [0.1, 0.15) is 0 Å². The summed E-state index contributed by atoms with van der Waals surface area (Å²) in [5, 5.41) is 13.9. The average molecular weight is 80.9 g/mol. The number of hydrogen-bond acceptors (Lipinski definition) is 3. The molecule has 0 aromatic heterocycles. The SMILES string of the molecule is N.OB(O)F. The normalized spacial score (nSPS) is 5.40. The summed E-state index contributed by atoms with van der Waals surface area (Å²) in [5.41, 5.74) is 0. The Bertz CT molecular complexity index is 14.4. The van der Waals surface area contributed by atoms with E-state index in [4.69, 9.17) is 10.0 Å². The van der Waals surface area contributed by atoms with Crippen LogP contribution in [0.5, 0.6) is 0 Å². The maximum Gasteiger partial charge on any atom is 0.674 e. The second-order valence-corrected chi connectivity index (χ2v) is 0.311. The Morgan fingerprint density at radius 3 is 1.40 bits per heavy atom. The van der Waals surface area contributed by atoms with E-state index in [1.165, 1.54) is 0 Å². The van der Waals surface area contributed by atoms with Crippen LogP contribution in [0.3, 0.4) is 0 Å². The zero-order valence-electron chi connectivity index (χ0n) is 2.56. The first-order valence-electron chi connectivity index (χ1n) is 0.735. The quantitative estimate of drug-likeness (QED) is 0.330. The first-order valence-corrected chi connectivity index (χ1v) is 0.735. The molecule has 0 heterocycles. The van der Waals surface area contributed by atoms with Crippen molar-refractivity contribution in [3.63, 3.8) is 0 Å². The molecule has 0 fully saturated rings. The molecule has 0 atom stereocenters. The zero-order chi connectivity index (χ0) is 3.58. The Balaban J connectivity index is 0. The van der Waals surface area contributed by atoms with Crippen molar-refractivity contribution in [3.05, 3.63) is 0 Å². The van der Waals surface area contributed by atoms with Crippen molar-refractivity contribution in [2.45, 2.75) is 0 Å². The minimum Gasteiger partial charge on any atom is -0.398 e. The molecule has 32 valence electrons. The van der Waals surface area contributed by atoms with Crippen LogP contribution in [0.15, 0.2) is 0 Å². The molecule has 0 unspecified atom stereocenters. The third kappa shape index (κ3) is 871. The van der Waals surface area contributed by atoms with Crippen LogP contribution < -0.4 is 6.15 Å². The van der Waals surface area contributed by atoms with Gasteiger partial charge in [0.25, 0.3) is 0 Å². The van der Waals surface area contributed by atoms with Crippen LogP contribution in [0.25, 0.3) is 0 Å².